The molecule has 1 saturated carbocycles. The molecule has 2 amide bonds. The smallest absolute Gasteiger partial charge is 0.323 e. The van der Waals surface area contributed by atoms with Gasteiger partial charge in [0.05, 0.1) is 0 Å². The van der Waals surface area contributed by atoms with E-state index >= 15 is 0 Å². The largest absolute Gasteiger partial charge is 0.334 e. The van der Waals surface area contributed by atoms with Crippen molar-refractivity contribution < 1.29 is 4.79 Å². The van der Waals surface area contributed by atoms with Gasteiger partial charge in [0.15, 0.2) is 0 Å². The molecule has 1 aliphatic carbocycles. The van der Waals surface area contributed by atoms with Crippen LogP contribution in [0.1, 0.15) is 32.1 Å². The van der Waals surface area contributed by atoms with Crippen LogP contribution in [-0.4, -0.2) is 35.6 Å². The minimum Gasteiger partial charge on any atom is -0.323 e. The lowest BCUT2D eigenvalue weighted by Gasteiger charge is -2.34. The number of hydrogen-bond acceptors (Lipinski definition) is 2. The van der Waals surface area contributed by atoms with Crippen molar-refractivity contribution in [3.63, 3.8) is 0 Å². The van der Waals surface area contributed by atoms with Gasteiger partial charge in [-0.15, -0.1) is 0 Å². The Kier molecular flexibility index (Phi) is 2.91. The molecule has 4 nitrogen and oxygen atoms in total. The lowest BCUT2D eigenvalue weighted by molar-refractivity contribution is 0.122. The van der Waals surface area contributed by atoms with Crippen LogP contribution in [0.4, 0.5) is 4.79 Å². The van der Waals surface area contributed by atoms with E-state index in [1.165, 1.54) is 30.7 Å². The van der Waals surface area contributed by atoms with Gasteiger partial charge in [-0.05, 0) is 25.2 Å². The number of nitrogens with zero attached hydrogens (tertiary/aromatic N) is 2. The highest BCUT2D eigenvalue weighted by Crippen LogP contribution is 2.26. The predicted octanol–water partition coefficient (Wildman–Crippen LogP) is 1.18. The van der Waals surface area contributed by atoms with E-state index in [0.29, 0.717) is 6.54 Å². The molecule has 1 saturated heterocycles. The number of amides is 2. The maximum Gasteiger partial charge on any atom is 0.334 e. The van der Waals surface area contributed by atoms with Crippen LogP contribution in [0, 0.1) is 5.92 Å². The van der Waals surface area contributed by atoms with E-state index < -0.39 is 0 Å². The molecule has 0 aromatic carbocycles. The van der Waals surface area contributed by atoms with Gasteiger partial charge in [-0.2, -0.15) is 0 Å². The van der Waals surface area contributed by atoms with Crippen LogP contribution in [0.25, 0.3) is 0 Å². The van der Waals surface area contributed by atoms with Gasteiger partial charge in [-0.3, -0.25) is 5.01 Å². The molecule has 14 heavy (non-hydrogen) atoms. The monoisotopic (exact) mass is 197 g/mol. The predicted molar refractivity (Wildman–Crippen MR) is 54.4 cm³/mol. The SMILES string of the molecule is NN1CCCN(CC2CCCC2)C1=O. The maximum absolute atomic E-state index is 11.6. The summed E-state index contributed by atoms with van der Waals surface area (Å²) in [6, 6.07) is 0.0168. The summed E-state index contributed by atoms with van der Waals surface area (Å²) in [7, 11) is 0. The van der Waals surface area contributed by atoms with E-state index in [0.717, 1.165) is 25.4 Å². The third-order valence-corrected chi connectivity index (χ3v) is 3.30. The Morgan fingerprint density at radius 2 is 1.93 bits per heavy atom. The van der Waals surface area contributed by atoms with Gasteiger partial charge in [0.1, 0.15) is 0 Å². The molecule has 4 heteroatoms. The van der Waals surface area contributed by atoms with Crippen LogP contribution in [0.15, 0.2) is 0 Å². The highest BCUT2D eigenvalue weighted by molar-refractivity contribution is 5.74. The number of nitrogens with two attached hydrogens (primary N) is 1. The fourth-order valence-corrected chi connectivity index (χ4v) is 2.48. The summed E-state index contributed by atoms with van der Waals surface area (Å²) >= 11 is 0. The van der Waals surface area contributed by atoms with Gasteiger partial charge >= 0.3 is 6.03 Å². The molecule has 2 fully saturated rings. The molecule has 2 N–H and O–H groups in total. The Labute approximate surface area is 85.0 Å². The van der Waals surface area contributed by atoms with E-state index in [1.807, 2.05) is 4.90 Å². The summed E-state index contributed by atoms with van der Waals surface area (Å²) in [6.45, 7) is 2.52. The number of hydrogen-bond donors (Lipinski definition) is 1. The highest BCUT2D eigenvalue weighted by atomic mass is 16.2. The van der Waals surface area contributed by atoms with E-state index in [9.17, 15) is 4.79 Å². The molecule has 0 atom stereocenters. The summed E-state index contributed by atoms with van der Waals surface area (Å²) in [5.74, 6) is 6.31. The summed E-state index contributed by atoms with van der Waals surface area (Å²) in [6.07, 6.45) is 6.25. The second-order valence-corrected chi connectivity index (χ2v) is 4.43. The Morgan fingerprint density at radius 3 is 2.64 bits per heavy atom. The van der Waals surface area contributed by atoms with Crippen molar-refractivity contribution in [2.75, 3.05) is 19.6 Å². The van der Waals surface area contributed by atoms with E-state index in [2.05, 4.69) is 0 Å². The van der Waals surface area contributed by atoms with Gasteiger partial charge in [-0.1, -0.05) is 12.8 Å². The second kappa shape index (κ2) is 4.17. The molecule has 80 valence electrons. The van der Waals surface area contributed by atoms with Crippen LogP contribution in [0.2, 0.25) is 0 Å². The molecule has 1 heterocycles. The molecular formula is C10H19N3O. The molecule has 0 spiro atoms. The Balaban J connectivity index is 1.86. The summed E-state index contributed by atoms with van der Waals surface area (Å²) in [5, 5.41) is 1.35. The zero-order valence-electron chi connectivity index (χ0n) is 8.61. The lowest BCUT2D eigenvalue weighted by atomic mass is 10.1. The zero-order valence-corrected chi connectivity index (χ0v) is 8.61. The van der Waals surface area contributed by atoms with Crippen molar-refractivity contribution in [1.29, 1.82) is 0 Å². The van der Waals surface area contributed by atoms with Crippen molar-refractivity contribution in [2.24, 2.45) is 11.8 Å². The van der Waals surface area contributed by atoms with Crippen LogP contribution in [0.3, 0.4) is 0 Å². The first kappa shape index (κ1) is 9.77. The van der Waals surface area contributed by atoms with Gasteiger partial charge in [0, 0.05) is 19.6 Å². The minimum absolute atomic E-state index is 0.0168. The first-order valence-corrected chi connectivity index (χ1v) is 5.58. The zero-order chi connectivity index (χ0) is 9.97. The number of urea groups is 1. The average Bonchev–Trinajstić information content (AvgIpc) is 2.66. The molecule has 0 unspecified atom stereocenters. The Morgan fingerprint density at radius 1 is 1.21 bits per heavy atom. The van der Waals surface area contributed by atoms with Gasteiger partial charge in [0.2, 0.25) is 0 Å². The van der Waals surface area contributed by atoms with Crippen molar-refractivity contribution in [3.8, 4) is 0 Å². The van der Waals surface area contributed by atoms with Crippen LogP contribution < -0.4 is 5.84 Å². The molecule has 2 rings (SSSR count). The molecule has 0 bridgehead atoms. The summed E-state index contributed by atoms with van der Waals surface area (Å²) in [5.41, 5.74) is 0. The fourth-order valence-electron chi connectivity index (χ4n) is 2.48. The van der Waals surface area contributed by atoms with Crippen LogP contribution in [-0.2, 0) is 0 Å². The lowest BCUT2D eigenvalue weighted by Crippen LogP contribution is -2.53. The number of rotatable bonds is 2. The van der Waals surface area contributed by atoms with Crippen molar-refractivity contribution in [1.82, 2.24) is 9.91 Å². The van der Waals surface area contributed by atoms with Crippen molar-refractivity contribution in [2.45, 2.75) is 32.1 Å². The van der Waals surface area contributed by atoms with Crippen LogP contribution >= 0.6 is 0 Å². The van der Waals surface area contributed by atoms with Crippen molar-refractivity contribution in [3.05, 3.63) is 0 Å². The third kappa shape index (κ3) is 2.00. The van der Waals surface area contributed by atoms with Gasteiger partial charge in [0.25, 0.3) is 0 Å². The normalized spacial score (nSPS) is 24.8. The maximum atomic E-state index is 11.6. The number of carbonyl (C=O) groups is 1. The molecule has 0 aromatic heterocycles. The number of hydrazine groups is 1. The minimum atomic E-state index is 0.0168. The fraction of sp³-hybridized carbons (Fsp3) is 0.900. The van der Waals surface area contributed by atoms with E-state index in [4.69, 9.17) is 5.84 Å². The van der Waals surface area contributed by atoms with Gasteiger partial charge < -0.3 is 4.90 Å². The Bertz CT molecular complexity index is 213. The second-order valence-electron chi connectivity index (χ2n) is 4.43. The summed E-state index contributed by atoms with van der Waals surface area (Å²) in [4.78, 5) is 13.6. The molecule has 0 radical (unpaired) electrons. The molecule has 2 aliphatic rings. The quantitative estimate of drug-likeness (QED) is 0.534. The highest BCUT2D eigenvalue weighted by Gasteiger charge is 2.26. The van der Waals surface area contributed by atoms with Crippen LogP contribution in [0.5, 0.6) is 0 Å². The first-order chi connectivity index (χ1) is 6.77. The van der Waals surface area contributed by atoms with E-state index in [1.54, 1.807) is 0 Å². The number of carbonyl (C=O) groups excluding carboxylic acids is 1. The summed E-state index contributed by atoms with van der Waals surface area (Å²) < 4.78 is 0. The Hall–Kier alpha value is -0.770. The van der Waals surface area contributed by atoms with E-state index in [-0.39, 0.29) is 6.03 Å². The molecular weight excluding hydrogens is 178 g/mol. The van der Waals surface area contributed by atoms with Crippen molar-refractivity contribution >= 4 is 6.03 Å². The van der Waals surface area contributed by atoms with Gasteiger partial charge in [-0.25, -0.2) is 10.6 Å². The molecule has 0 aromatic rings. The molecule has 1 aliphatic heterocycles. The third-order valence-electron chi connectivity index (χ3n) is 3.30. The topological polar surface area (TPSA) is 49.6 Å². The first-order valence-electron chi connectivity index (χ1n) is 5.58. The standard InChI is InChI=1S/C10H19N3O/c11-13-7-3-6-12(10(13)14)8-9-4-1-2-5-9/h9H,1-8,11H2. The average molecular weight is 197 g/mol.